The number of anilines is 1. The van der Waals surface area contributed by atoms with E-state index in [0.717, 1.165) is 16.0 Å². The zero-order valence-corrected chi connectivity index (χ0v) is 12.1. The van der Waals surface area contributed by atoms with E-state index in [2.05, 4.69) is 30.8 Å². The van der Waals surface area contributed by atoms with E-state index in [9.17, 15) is 4.79 Å². The van der Waals surface area contributed by atoms with Crippen molar-refractivity contribution < 1.29 is 9.53 Å². The van der Waals surface area contributed by atoms with Crippen LogP contribution in [0.1, 0.15) is 15.4 Å². The van der Waals surface area contributed by atoms with Crippen molar-refractivity contribution in [3.8, 4) is 5.75 Å². The summed E-state index contributed by atoms with van der Waals surface area (Å²) in [4.78, 5) is 12.5. The van der Waals surface area contributed by atoms with E-state index in [4.69, 9.17) is 4.74 Å². The third-order valence-corrected chi connectivity index (χ3v) is 3.59. The van der Waals surface area contributed by atoms with Crippen molar-refractivity contribution in [3.63, 3.8) is 0 Å². The maximum Gasteiger partial charge on any atom is 0.269 e. The first-order chi connectivity index (χ1) is 8.61. The number of carbonyl (C=O) groups is 1. The highest BCUT2D eigenvalue weighted by Crippen LogP contribution is 2.28. The molecule has 5 nitrogen and oxygen atoms in total. The van der Waals surface area contributed by atoms with E-state index in [1.165, 1.54) is 0 Å². The summed E-state index contributed by atoms with van der Waals surface area (Å²) in [6.45, 7) is 1.75. The normalized spacial score (nSPS) is 10.2. The largest absolute Gasteiger partial charge is 0.495 e. The van der Waals surface area contributed by atoms with Crippen molar-refractivity contribution in [1.29, 1.82) is 0 Å². The molecule has 1 heterocycles. The van der Waals surface area contributed by atoms with Gasteiger partial charge in [0, 0.05) is 4.47 Å². The molecule has 18 heavy (non-hydrogen) atoms. The third kappa shape index (κ3) is 2.68. The van der Waals surface area contributed by atoms with Crippen LogP contribution in [0.4, 0.5) is 5.69 Å². The Balaban J connectivity index is 2.27. The minimum absolute atomic E-state index is 0.237. The van der Waals surface area contributed by atoms with Crippen molar-refractivity contribution in [2.75, 3.05) is 12.4 Å². The molecule has 7 heteroatoms. The lowest BCUT2D eigenvalue weighted by Gasteiger charge is -2.09. The average Bonchev–Trinajstić information content (AvgIpc) is 2.76. The number of hydrogen-bond acceptors (Lipinski definition) is 5. The molecule has 2 aromatic rings. The minimum Gasteiger partial charge on any atom is -0.495 e. The van der Waals surface area contributed by atoms with E-state index < -0.39 is 0 Å². The number of aryl methyl sites for hydroxylation is 1. The molecular formula is C11H10BrN3O2S. The molecule has 0 aliphatic heterocycles. The SMILES string of the molecule is COc1ccc(Br)cc1NC(=O)c1snnc1C. The summed E-state index contributed by atoms with van der Waals surface area (Å²) in [6, 6.07) is 5.39. The third-order valence-electron chi connectivity index (χ3n) is 2.27. The molecule has 1 aromatic carbocycles. The Bertz CT molecular complexity index is 585. The average molecular weight is 328 g/mol. The van der Waals surface area contributed by atoms with E-state index in [1.54, 1.807) is 26.2 Å². The Hall–Kier alpha value is -1.47. The number of carbonyl (C=O) groups excluding carboxylic acids is 1. The Kier molecular flexibility index (Phi) is 3.93. The molecule has 2 rings (SSSR count). The van der Waals surface area contributed by atoms with E-state index >= 15 is 0 Å². The van der Waals surface area contributed by atoms with Gasteiger partial charge in [-0.3, -0.25) is 4.79 Å². The quantitative estimate of drug-likeness (QED) is 0.941. The number of benzene rings is 1. The predicted molar refractivity (Wildman–Crippen MR) is 73.3 cm³/mol. The van der Waals surface area contributed by atoms with Crippen LogP contribution in [0, 0.1) is 6.92 Å². The summed E-state index contributed by atoms with van der Waals surface area (Å²) >= 11 is 4.42. The second kappa shape index (κ2) is 5.45. The Morgan fingerprint density at radius 2 is 2.28 bits per heavy atom. The molecule has 0 saturated carbocycles. The lowest BCUT2D eigenvalue weighted by Crippen LogP contribution is -2.12. The summed E-state index contributed by atoms with van der Waals surface area (Å²) in [5.41, 5.74) is 1.22. The van der Waals surface area contributed by atoms with E-state index in [-0.39, 0.29) is 5.91 Å². The van der Waals surface area contributed by atoms with Crippen LogP contribution >= 0.6 is 27.5 Å². The van der Waals surface area contributed by atoms with Crippen LogP contribution in [-0.4, -0.2) is 22.6 Å². The molecule has 0 radical (unpaired) electrons. The summed E-state index contributed by atoms with van der Waals surface area (Å²) in [5.74, 6) is 0.362. The van der Waals surface area contributed by atoms with Crippen molar-refractivity contribution in [2.24, 2.45) is 0 Å². The molecule has 1 N–H and O–H groups in total. The van der Waals surface area contributed by atoms with Gasteiger partial charge in [-0.15, -0.1) is 5.10 Å². The van der Waals surface area contributed by atoms with Crippen LogP contribution in [0.3, 0.4) is 0 Å². The zero-order valence-electron chi connectivity index (χ0n) is 9.73. The van der Waals surface area contributed by atoms with Gasteiger partial charge < -0.3 is 10.1 Å². The summed E-state index contributed by atoms with van der Waals surface area (Å²) in [7, 11) is 1.55. The number of nitrogens with zero attached hydrogens (tertiary/aromatic N) is 2. The second-order valence-corrected chi connectivity index (χ2v) is 5.16. The maximum atomic E-state index is 12.0. The van der Waals surface area contributed by atoms with Crippen molar-refractivity contribution in [2.45, 2.75) is 6.92 Å². The van der Waals surface area contributed by atoms with Crippen molar-refractivity contribution >= 4 is 39.1 Å². The Morgan fingerprint density at radius 3 is 2.89 bits per heavy atom. The topological polar surface area (TPSA) is 64.1 Å². The molecule has 0 spiro atoms. The van der Waals surface area contributed by atoms with Crippen molar-refractivity contribution in [1.82, 2.24) is 9.59 Å². The first-order valence-electron chi connectivity index (χ1n) is 5.05. The maximum absolute atomic E-state index is 12.0. The highest BCUT2D eigenvalue weighted by atomic mass is 79.9. The molecule has 94 valence electrons. The number of nitrogens with one attached hydrogen (secondary N) is 1. The van der Waals surface area contributed by atoms with Gasteiger partial charge in [0.1, 0.15) is 10.6 Å². The highest BCUT2D eigenvalue weighted by molar-refractivity contribution is 9.10. The fraction of sp³-hybridized carbons (Fsp3) is 0.182. The highest BCUT2D eigenvalue weighted by Gasteiger charge is 2.15. The predicted octanol–water partition coefficient (Wildman–Crippen LogP) is 2.87. The molecule has 1 aromatic heterocycles. The molecule has 0 bridgehead atoms. The fourth-order valence-electron chi connectivity index (χ4n) is 1.40. The minimum atomic E-state index is -0.237. The monoisotopic (exact) mass is 327 g/mol. The van der Waals surface area contributed by atoms with Gasteiger partial charge in [0.2, 0.25) is 0 Å². The second-order valence-electron chi connectivity index (χ2n) is 3.49. The molecule has 0 aliphatic carbocycles. The number of hydrogen-bond donors (Lipinski definition) is 1. The molecule has 0 unspecified atom stereocenters. The lowest BCUT2D eigenvalue weighted by molar-refractivity contribution is 0.102. The molecule has 0 aliphatic rings. The number of amides is 1. The smallest absolute Gasteiger partial charge is 0.269 e. The van der Waals surface area contributed by atoms with Gasteiger partial charge in [-0.25, -0.2) is 0 Å². The number of rotatable bonds is 3. The van der Waals surface area contributed by atoms with Crippen LogP contribution in [0.2, 0.25) is 0 Å². The molecule has 0 atom stereocenters. The Morgan fingerprint density at radius 1 is 1.50 bits per heavy atom. The van der Waals surface area contributed by atoms with Gasteiger partial charge in [-0.1, -0.05) is 20.4 Å². The first-order valence-corrected chi connectivity index (χ1v) is 6.62. The van der Waals surface area contributed by atoms with Gasteiger partial charge in [0.25, 0.3) is 5.91 Å². The number of ether oxygens (including phenoxy) is 1. The summed E-state index contributed by atoms with van der Waals surface area (Å²) in [6.07, 6.45) is 0. The lowest BCUT2D eigenvalue weighted by atomic mass is 10.3. The Labute approximate surface area is 116 Å². The summed E-state index contributed by atoms with van der Waals surface area (Å²) in [5, 5.41) is 6.59. The van der Waals surface area contributed by atoms with E-state index in [1.807, 2.05) is 6.07 Å². The van der Waals surface area contributed by atoms with Crippen LogP contribution in [0.15, 0.2) is 22.7 Å². The standard InChI is InChI=1S/C11H10BrN3O2S/c1-6-10(18-15-14-6)11(16)13-8-5-7(12)3-4-9(8)17-2/h3-5H,1-2H3,(H,13,16). The molecular weight excluding hydrogens is 318 g/mol. The van der Waals surface area contributed by atoms with Gasteiger partial charge >= 0.3 is 0 Å². The van der Waals surface area contributed by atoms with Gasteiger partial charge in [-0.05, 0) is 36.7 Å². The fourth-order valence-corrected chi connectivity index (χ4v) is 2.31. The van der Waals surface area contributed by atoms with Crippen LogP contribution in [-0.2, 0) is 0 Å². The summed E-state index contributed by atoms with van der Waals surface area (Å²) < 4.78 is 9.78. The molecule has 0 fully saturated rings. The van der Waals surface area contributed by atoms with E-state index in [0.29, 0.717) is 22.0 Å². The first kappa shape index (κ1) is 13.0. The number of methoxy groups -OCH3 is 1. The van der Waals surface area contributed by atoms with Crippen LogP contribution in [0.25, 0.3) is 0 Å². The molecule has 1 amide bonds. The zero-order chi connectivity index (χ0) is 13.1. The number of aromatic nitrogens is 2. The molecule has 0 saturated heterocycles. The van der Waals surface area contributed by atoms with Gasteiger partial charge in [-0.2, -0.15) is 0 Å². The van der Waals surface area contributed by atoms with Gasteiger partial charge in [0.05, 0.1) is 18.5 Å². The van der Waals surface area contributed by atoms with Crippen LogP contribution < -0.4 is 10.1 Å². The number of halogens is 1. The van der Waals surface area contributed by atoms with Crippen LogP contribution in [0.5, 0.6) is 5.75 Å². The van der Waals surface area contributed by atoms with Gasteiger partial charge in [0.15, 0.2) is 0 Å². The van der Waals surface area contributed by atoms with Crippen molar-refractivity contribution in [3.05, 3.63) is 33.2 Å².